The van der Waals surface area contributed by atoms with Crippen LogP contribution in [0.1, 0.15) is 39.0 Å². The summed E-state index contributed by atoms with van der Waals surface area (Å²) in [6, 6.07) is 0. The number of carbonyl (C=O) groups is 1. The number of rotatable bonds is 10. The van der Waals surface area contributed by atoms with Crippen LogP contribution in [0.2, 0.25) is 0 Å². The molecule has 0 heterocycles. The zero-order chi connectivity index (χ0) is 12.2. The number of thioether (sulfide) groups is 1. The highest BCUT2D eigenvalue weighted by Gasteiger charge is 2.00. The first-order valence-electron chi connectivity index (χ1n) is 5.62. The van der Waals surface area contributed by atoms with Gasteiger partial charge in [0.25, 0.3) is 0 Å². The van der Waals surface area contributed by atoms with Crippen LogP contribution in [0.25, 0.3) is 0 Å². The molecule has 0 fully saturated rings. The summed E-state index contributed by atoms with van der Waals surface area (Å²) in [6.07, 6.45) is 1.22. The molecule has 0 bridgehead atoms. The van der Waals surface area contributed by atoms with Gasteiger partial charge in [0.05, 0.1) is 6.61 Å². The fourth-order valence-corrected chi connectivity index (χ4v) is 2.09. The van der Waals surface area contributed by atoms with Gasteiger partial charge in [-0.05, 0) is 30.8 Å². The smallest absolute Gasteiger partial charge is 0.302 e. The number of hydrogen-bond donors (Lipinski definition) is 0. The van der Waals surface area contributed by atoms with Crippen LogP contribution in [-0.2, 0) is 9.53 Å². The van der Waals surface area contributed by atoms with Gasteiger partial charge in [-0.1, -0.05) is 6.42 Å². The minimum atomic E-state index is -2.16. The number of ether oxygens (including phenoxy) is 1. The van der Waals surface area contributed by atoms with Gasteiger partial charge >= 0.3 is 5.97 Å². The second-order valence-electron chi connectivity index (χ2n) is 3.55. The van der Waals surface area contributed by atoms with Gasteiger partial charge in [0.1, 0.15) is 0 Å². The molecule has 0 saturated heterocycles. The molecule has 5 heteroatoms. The zero-order valence-electron chi connectivity index (χ0n) is 9.71. The lowest BCUT2D eigenvalue weighted by atomic mass is 10.2. The standard InChI is InChI=1S/C11H20F2O2S/c1-10(14)15-7-5-9-16-8-4-2-3-6-11(12)13/h11H,2-9H2,1H3. The molecule has 0 radical (unpaired) electrons. The quantitative estimate of drug-likeness (QED) is 0.441. The summed E-state index contributed by atoms with van der Waals surface area (Å²) in [7, 11) is 0. The second kappa shape index (κ2) is 11.2. The van der Waals surface area contributed by atoms with Gasteiger partial charge in [-0.2, -0.15) is 11.8 Å². The van der Waals surface area contributed by atoms with Crippen molar-refractivity contribution in [2.45, 2.75) is 45.5 Å². The third kappa shape index (κ3) is 13.7. The first-order chi connectivity index (χ1) is 7.63. The number of carbonyl (C=O) groups excluding carboxylic acids is 1. The van der Waals surface area contributed by atoms with Crippen molar-refractivity contribution in [3.8, 4) is 0 Å². The van der Waals surface area contributed by atoms with Crippen LogP contribution in [-0.4, -0.2) is 30.5 Å². The van der Waals surface area contributed by atoms with E-state index >= 15 is 0 Å². The lowest BCUT2D eigenvalue weighted by Crippen LogP contribution is -2.01. The summed E-state index contributed by atoms with van der Waals surface area (Å²) in [5, 5.41) is 0. The van der Waals surface area contributed by atoms with E-state index in [9.17, 15) is 13.6 Å². The van der Waals surface area contributed by atoms with E-state index < -0.39 is 6.43 Å². The molecule has 0 unspecified atom stereocenters. The Morgan fingerprint density at radius 2 is 1.88 bits per heavy atom. The first kappa shape index (κ1) is 15.7. The van der Waals surface area contributed by atoms with Gasteiger partial charge in [0, 0.05) is 13.3 Å². The zero-order valence-corrected chi connectivity index (χ0v) is 10.5. The lowest BCUT2D eigenvalue weighted by molar-refractivity contribution is -0.140. The summed E-state index contributed by atoms with van der Waals surface area (Å²) in [5.74, 6) is 1.72. The predicted octanol–water partition coefficient (Wildman–Crippen LogP) is 3.50. The Balaban J connectivity index is 2.96. The molecule has 0 N–H and O–H groups in total. The average Bonchev–Trinajstić information content (AvgIpc) is 2.20. The Morgan fingerprint density at radius 1 is 1.19 bits per heavy atom. The number of hydrogen-bond acceptors (Lipinski definition) is 3. The Kier molecular flexibility index (Phi) is 11.0. The molecule has 0 atom stereocenters. The van der Waals surface area contributed by atoms with Crippen molar-refractivity contribution in [3.05, 3.63) is 0 Å². The molecule has 0 rings (SSSR count). The van der Waals surface area contributed by atoms with Crippen molar-refractivity contribution in [2.75, 3.05) is 18.1 Å². The minimum absolute atomic E-state index is 0.0249. The van der Waals surface area contributed by atoms with Crippen LogP contribution in [0.15, 0.2) is 0 Å². The second-order valence-corrected chi connectivity index (χ2v) is 4.77. The molecule has 96 valence electrons. The molecule has 0 aliphatic carbocycles. The maximum absolute atomic E-state index is 11.8. The van der Waals surface area contributed by atoms with Crippen molar-refractivity contribution < 1.29 is 18.3 Å². The van der Waals surface area contributed by atoms with Gasteiger partial charge in [0.15, 0.2) is 0 Å². The topological polar surface area (TPSA) is 26.3 Å². The van der Waals surface area contributed by atoms with E-state index in [-0.39, 0.29) is 12.4 Å². The third-order valence-electron chi connectivity index (χ3n) is 1.95. The van der Waals surface area contributed by atoms with Gasteiger partial charge in [0.2, 0.25) is 6.43 Å². The van der Waals surface area contributed by atoms with E-state index in [1.807, 2.05) is 0 Å². The first-order valence-corrected chi connectivity index (χ1v) is 6.77. The Bertz CT molecular complexity index is 177. The molecular formula is C11H20F2O2S. The summed E-state index contributed by atoms with van der Waals surface area (Å²) in [5.41, 5.74) is 0. The van der Waals surface area contributed by atoms with Crippen LogP contribution < -0.4 is 0 Å². The molecular weight excluding hydrogens is 234 g/mol. The molecule has 0 spiro atoms. The van der Waals surface area contributed by atoms with Gasteiger partial charge in [-0.15, -0.1) is 0 Å². The molecule has 0 aromatic heterocycles. The van der Waals surface area contributed by atoms with Crippen LogP contribution >= 0.6 is 11.8 Å². The molecule has 0 aliphatic heterocycles. The van der Waals surface area contributed by atoms with Crippen molar-refractivity contribution in [1.82, 2.24) is 0 Å². The van der Waals surface area contributed by atoms with E-state index in [2.05, 4.69) is 0 Å². The Hall–Kier alpha value is -0.320. The molecule has 0 aliphatic rings. The monoisotopic (exact) mass is 254 g/mol. The van der Waals surface area contributed by atoms with Crippen LogP contribution in [0.3, 0.4) is 0 Å². The Morgan fingerprint density at radius 3 is 2.50 bits per heavy atom. The molecule has 0 amide bonds. The number of alkyl halides is 2. The van der Waals surface area contributed by atoms with Crippen LogP contribution in [0, 0.1) is 0 Å². The summed E-state index contributed by atoms with van der Waals surface area (Å²) in [6.45, 7) is 1.88. The lowest BCUT2D eigenvalue weighted by Gasteiger charge is -2.03. The fraction of sp³-hybridized carbons (Fsp3) is 0.909. The largest absolute Gasteiger partial charge is 0.466 e. The third-order valence-corrected chi connectivity index (χ3v) is 3.10. The molecule has 0 aromatic rings. The fourth-order valence-electron chi connectivity index (χ4n) is 1.16. The minimum Gasteiger partial charge on any atom is -0.466 e. The molecule has 2 nitrogen and oxygen atoms in total. The summed E-state index contributed by atoms with van der Waals surface area (Å²) >= 11 is 1.78. The van der Waals surface area contributed by atoms with Crippen LogP contribution in [0.4, 0.5) is 8.78 Å². The van der Waals surface area contributed by atoms with Gasteiger partial charge < -0.3 is 4.74 Å². The average molecular weight is 254 g/mol. The highest BCUT2D eigenvalue weighted by atomic mass is 32.2. The summed E-state index contributed by atoms with van der Waals surface area (Å²) in [4.78, 5) is 10.4. The van der Waals surface area contributed by atoms with Crippen molar-refractivity contribution in [2.24, 2.45) is 0 Å². The van der Waals surface area contributed by atoms with Crippen LogP contribution in [0.5, 0.6) is 0 Å². The SMILES string of the molecule is CC(=O)OCCCSCCCCCC(F)F. The highest BCUT2D eigenvalue weighted by molar-refractivity contribution is 7.99. The van der Waals surface area contributed by atoms with E-state index in [4.69, 9.17) is 4.74 Å². The number of esters is 1. The maximum atomic E-state index is 11.8. The van der Waals surface area contributed by atoms with Gasteiger partial charge in [-0.25, -0.2) is 8.78 Å². The number of halogens is 2. The van der Waals surface area contributed by atoms with Crippen molar-refractivity contribution in [3.63, 3.8) is 0 Å². The van der Waals surface area contributed by atoms with Crippen molar-refractivity contribution in [1.29, 1.82) is 0 Å². The van der Waals surface area contributed by atoms with E-state index in [1.54, 1.807) is 11.8 Å². The number of unbranched alkanes of at least 4 members (excludes halogenated alkanes) is 2. The van der Waals surface area contributed by atoms with E-state index in [0.29, 0.717) is 13.0 Å². The molecule has 0 saturated carbocycles. The maximum Gasteiger partial charge on any atom is 0.302 e. The van der Waals surface area contributed by atoms with E-state index in [0.717, 1.165) is 30.8 Å². The summed E-state index contributed by atoms with van der Waals surface area (Å²) < 4.78 is 28.3. The molecule has 16 heavy (non-hydrogen) atoms. The predicted molar refractivity (Wildman–Crippen MR) is 63.0 cm³/mol. The van der Waals surface area contributed by atoms with Gasteiger partial charge in [-0.3, -0.25) is 4.79 Å². The molecule has 0 aromatic carbocycles. The van der Waals surface area contributed by atoms with Crippen molar-refractivity contribution >= 4 is 17.7 Å². The highest BCUT2D eigenvalue weighted by Crippen LogP contribution is 2.11. The Labute approximate surface area is 100 Å². The van der Waals surface area contributed by atoms with E-state index in [1.165, 1.54) is 6.92 Å². The normalized spacial score (nSPS) is 10.8.